The Morgan fingerprint density at radius 2 is 2.36 bits per heavy atom. The maximum Gasteiger partial charge on any atom is 0.307 e. The Morgan fingerprint density at radius 3 is 3.00 bits per heavy atom. The van der Waals surface area contributed by atoms with Crippen LogP contribution >= 0.6 is 11.6 Å². The number of halogens is 1. The molecule has 2 aromatic rings. The summed E-state index contributed by atoms with van der Waals surface area (Å²) in [5.41, 5.74) is 1.34. The molecule has 0 N–H and O–H groups in total. The highest BCUT2D eigenvalue weighted by atomic mass is 35.5. The van der Waals surface area contributed by atoms with Crippen LogP contribution < -0.4 is 0 Å². The van der Waals surface area contributed by atoms with Gasteiger partial charge in [-0.3, -0.25) is 4.79 Å². The van der Waals surface area contributed by atoms with E-state index in [1.54, 1.807) is 12.1 Å². The number of carbonyl (C=O) groups excluding carboxylic acids is 1. The summed E-state index contributed by atoms with van der Waals surface area (Å²) in [5.74, 6) is -0.156. The number of hydrogen-bond acceptors (Lipinski definition) is 4. The van der Waals surface area contributed by atoms with Crippen LogP contribution in [0.25, 0.3) is 11.1 Å². The molecule has 1 aromatic carbocycles. The second-order valence-corrected chi connectivity index (χ2v) is 2.93. The Balaban J connectivity index is 2.67. The molecule has 0 aliphatic rings. The van der Waals surface area contributed by atoms with E-state index < -0.39 is 5.24 Å². The van der Waals surface area contributed by atoms with Crippen LogP contribution in [0, 0.1) is 11.3 Å². The first-order valence-electron chi connectivity index (χ1n) is 3.71. The second-order valence-electron chi connectivity index (χ2n) is 2.59. The van der Waals surface area contributed by atoms with Gasteiger partial charge in [0.05, 0.1) is 11.6 Å². The molecule has 0 radical (unpaired) electrons. The van der Waals surface area contributed by atoms with Gasteiger partial charge in [-0.25, -0.2) is 4.98 Å². The number of carbonyl (C=O) groups is 1. The van der Waals surface area contributed by atoms with Gasteiger partial charge < -0.3 is 4.42 Å². The van der Waals surface area contributed by atoms with Crippen LogP contribution in [0.15, 0.2) is 22.6 Å². The summed E-state index contributed by atoms with van der Waals surface area (Å²) >= 11 is 5.19. The fraction of sp³-hybridized carbons (Fsp3) is 0. The molecule has 0 spiro atoms. The van der Waals surface area contributed by atoms with E-state index in [9.17, 15) is 4.79 Å². The number of benzene rings is 1. The van der Waals surface area contributed by atoms with Crippen LogP contribution in [0.4, 0.5) is 0 Å². The molecule has 0 aliphatic carbocycles. The largest absolute Gasteiger partial charge is 0.433 e. The number of oxazole rings is 1. The van der Waals surface area contributed by atoms with Crippen LogP contribution in [0.1, 0.15) is 16.2 Å². The van der Waals surface area contributed by atoms with Gasteiger partial charge in [-0.1, -0.05) is 0 Å². The van der Waals surface area contributed by atoms with E-state index in [0.29, 0.717) is 16.7 Å². The molecule has 0 saturated heterocycles. The van der Waals surface area contributed by atoms with Crippen molar-refractivity contribution in [1.29, 1.82) is 5.26 Å². The molecule has 0 unspecified atom stereocenters. The first-order chi connectivity index (χ1) is 6.70. The van der Waals surface area contributed by atoms with Crippen molar-refractivity contribution in [2.24, 2.45) is 0 Å². The second kappa shape index (κ2) is 3.13. The Kier molecular flexibility index (Phi) is 1.95. The third kappa shape index (κ3) is 1.34. The van der Waals surface area contributed by atoms with E-state index in [1.807, 2.05) is 6.07 Å². The first kappa shape index (κ1) is 8.73. The van der Waals surface area contributed by atoms with Crippen molar-refractivity contribution >= 4 is 27.9 Å². The summed E-state index contributed by atoms with van der Waals surface area (Å²) in [6.45, 7) is 0. The van der Waals surface area contributed by atoms with E-state index in [0.717, 1.165) is 0 Å². The molecule has 1 heterocycles. The van der Waals surface area contributed by atoms with Gasteiger partial charge in [0.2, 0.25) is 0 Å². The zero-order valence-electron chi connectivity index (χ0n) is 6.82. The van der Waals surface area contributed by atoms with Crippen molar-refractivity contribution in [3.63, 3.8) is 0 Å². The Labute approximate surface area is 83.7 Å². The molecule has 4 nitrogen and oxygen atoms in total. The lowest BCUT2D eigenvalue weighted by Crippen LogP contribution is -1.85. The van der Waals surface area contributed by atoms with Crippen LogP contribution in [-0.2, 0) is 0 Å². The number of rotatable bonds is 1. The monoisotopic (exact) mass is 206 g/mol. The minimum absolute atomic E-state index is 0.156. The fourth-order valence-electron chi connectivity index (χ4n) is 1.08. The molecule has 5 heteroatoms. The Hall–Kier alpha value is -1.86. The van der Waals surface area contributed by atoms with Gasteiger partial charge >= 0.3 is 5.24 Å². The van der Waals surface area contributed by atoms with Crippen molar-refractivity contribution in [2.75, 3.05) is 0 Å². The molecule has 0 aliphatic heterocycles. The topological polar surface area (TPSA) is 66.9 Å². The molecule has 1 aromatic heterocycles. The minimum Gasteiger partial charge on any atom is -0.433 e. The van der Waals surface area contributed by atoms with Crippen LogP contribution in [-0.4, -0.2) is 10.2 Å². The van der Waals surface area contributed by atoms with Gasteiger partial charge in [0.15, 0.2) is 5.58 Å². The third-order valence-electron chi connectivity index (χ3n) is 1.69. The van der Waals surface area contributed by atoms with E-state index in [2.05, 4.69) is 4.98 Å². The average Bonchev–Trinajstić information content (AvgIpc) is 2.59. The van der Waals surface area contributed by atoms with Gasteiger partial charge in [0.1, 0.15) is 5.52 Å². The van der Waals surface area contributed by atoms with Gasteiger partial charge in [0.25, 0.3) is 5.89 Å². The van der Waals surface area contributed by atoms with Crippen LogP contribution in [0.2, 0.25) is 0 Å². The van der Waals surface area contributed by atoms with Gasteiger partial charge in [-0.05, 0) is 23.7 Å². The number of fused-ring (bicyclic) bond motifs is 1. The Morgan fingerprint density at radius 1 is 1.57 bits per heavy atom. The van der Waals surface area contributed by atoms with Crippen LogP contribution in [0.5, 0.6) is 0 Å². The predicted molar refractivity (Wildman–Crippen MR) is 48.9 cm³/mol. The zero-order valence-corrected chi connectivity index (χ0v) is 7.58. The predicted octanol–water partition coefficient (Wildman–Crippen LogP) is 2.08. The SMILES string of the molecule is N#Cc1ccc2nc(C(=O)Cl)oc2c1. The lowest BCUT2D eigenvalue weighted by molar-refractivity contribution is 0.105. The lowest BCUT2D eigenvalue weighted by Gasteiger charge is -1.85. The van der Waals surface area contributed by atoms with Crippen molar-refractivity contribution in [2.45, 2.75) is 0 Å². The van der Waals surface area contributed by atoms with Gasteiger partial charge in [-0.15, -0.1) is 0 Å². The zero-order chi connectivity index (χ0) is 10.1. The van der Waals surface area contributed by atoms with Crippen molar-refractivity contribution < 1.29 is 9.21 Å². The van der Waals surface area contributed by atoms with Crippen molar-refractivity contribution in [3.8, 4) is 6.07 Å². The molecule has 14 heavy (non-hydrogen) atoms. The van der Waals surface area contributed by atoms with Crippen LogP contribution in [0.3, 0.4) is 0 Å². The molecular formula is C9H3ClN2O2. The smallest absolute Gasteiger partial charge is 0.307 e. The molecule has 0 amide bonds. The standard InChI is InChI=1S/C9H3ClN2O2/c10-8(13)9-12-6-2-1-5(4-11)3-7(6)14-9/h1-3H. The summed E-state index contributed by atoms with van der Waals surface area (Å²) in [4.78, 5) is 14.5. The number of nitrogens with zero attached hydrogens (tertiary/aromatic N) is 2. The van der Waals surface area contributed by atoms with E-state index >= 15 is 0 Å². The number of hydrogen-bond donors (Lipinski definition) is 0. The maximum atomic E-state index is 10.7. The van der Waals surface area contributed by atoms with E-state index in [1.165, 1.54) is 6.07 Å². The number of nitriles is 1. The normalized spacial score (nSPS) is 10.0. The van der Waals surface area contributed by atoms with E-state index in [4.69, 9.17) is 21.3 Å². The van der Waals surface area contributed by atoms with Gasteiger partial charge in [-0.2, -0.15) is 5.26 Å². The van der Waals surface area contributed by atoms with E-state index in [-0.39, 0.29) is 5.89 Å². The summed E-state index contributed by atoms with van der Waals surface area (Å²) in [6, 6.07) is 6.65. The minimum atomic E-state index is -0.750. The molecule has 0 atom stereocenters. The average molecular weight is 207 g/mol. The molecular weight excluding hydrogens is 204 g/mol. The first-order valence-corrected chi connectivity index (χ1v) is 4.09. The lowest BCUT2D eigenvalue weighted by atomic mass is 10.2. The van der Waals surface area contributed by atoms with Gasteiger partial charge in [0, 0.05) is 6.07 Å². The number of aromatic nitrogens is 1. The molecule has 68 valence electrons. The summed E-state index contributed by atoms with van der Waals surface area (Å²) in [6.07, 6.45) is 0. The summed E-state index contributed by atoms with van der Waals surface area (Å²) in [7, 11) is 0. The molecule has 0 bridgehead atoms. The van der Waals surface area contributed by atoms with Crippen molar-refractivity contribution in [3.05, 3.63) is 29.7 Å². The highest BCUT2D eigenvalue weighted by Crippen LogP contribution is 2.17. The quantitative estimate of drug-likeness (QED) is 0.670. The molecule has 0 saturated carbocycles. The fourth-order valence-corrected chi connectivity index (χ4v) is 1.16. The highest BCUT2D eigenvalue weighted by molar-refractivity contribution is 6.67. The molecule has 0 fully saturated rings. The Bertz CT molecular complexity index is 553. The maximum absolute atomic E-state index is 10.7. The molecule has 2 rings (SSSR count). The van der Waals surface area contributed by atoms with Crippen molar-refractivity contribution in [1.82, 2.24) is 4.98 Å². The summed E-state index contributed by atoms with van der Waals surface area (Å²) < 4.78 is 5.03. The highest BCUT2D eigenvalue weighted by Gasteiger charge is 2.11. The summed E-state index contributed by atoms with van der Waals surface area (Å²) in [5, 5.41) is 7.86. The third-order valence-corrected chi connectivity index (χ3v) is 1.85.